The maximum absolute atomic E-state index is 12.8. The standard InChI is InChI=1S/C11H4F3N5/c12-11(13,14)7-2-1-3-17-10(7)19-6-18-8(4-15)9(19)5-16/h1-3,6H. The molecule has 19 heavy (non-hydrogen) atoms. The lowest BCUT2D eigenvalue weighted by Crippen LogP contribution is -2.12. The molecular weight excluding hydrogens is 259 g/mol. The fourth-order valence-electron chi connectivity index (χ4n) is 1.51. The number of hydrogen-bond donors (Lipinski definition) is 0. The minimum Gasteiger partial charge on any atom is -0.272 e. The van der Waals surface area contributed by atoms with Crippen LogP contribution < -0.4 is 0 Å². The van der Waals surface area contributed by atoms with Crippen LogP contribution >= 0.6 is 0 Å². The highest BCUT2D eigenvalue weighted by Crippen LogP contribution is 2.33. The van der Waals surface area contributed by atoms with Gasteiger partial charge in [-0.05, 0) is 12.1 Å². The second-order valence-corrected chi connectivity index (χ2v) is 3.41. The van der Waals surface area contributed by atoms with Crippen LogP contribution in [0, 0.1) is 22.7 Å². The van der Waals surface area contributed by atoms with Crippen LogP contribution in [0.3, 0.4) is 0 Å². The number of nitrogens with zero attached hydrogens (tertiary/aromatic N) is 5. The van der Waals surface area contributed by atoms with Gasteiger partial charge in [-0.1, -0.05) is 0 Å². The number of nitriles is 2. The molecule has 94 valence electrons. The zero-order chi connectivity index (χ0) is 14.0. The van der Waals surface area contributed by atoms with Gasteiger partial charge in [-0.3, -0.25) is 4.57 Å². The molecule has 0 aliphatic carbocycles. The van der Waals surface area contributed by atoms with Crippen molar-refractivity contribution in [1.29, 1.82) is 10.5 Å². The Bertz CT molecular complexity index is 702. The maximum atomic E-state index is 12.8. The number of halogens is 3. The maximum Gasteiger partial charge on any atom is 0.419 e. The monoisotopic (exact) mass is 263 g/mol. The largest absolute Gasteiger partial charge is 0.419 e. The van der Waals surface area contributed by atoms with E-state index in [2.05, 4.69) is 9.97 Å². The Hall–Kier alpha value is -2.87. The van der Waals surface area contributed by atoms with Crippen LogP contribution in [0.4, 0.5) is 13.2 Å². The average molecular weight is 263 g/mol. The van der Waals surface area contributed by atoms with Crippen molar-refractivity contribution in [2.75, 3.05) is 0 Å². The van der Waals surface area contributed by atoms with E-state index in [0.29, 0.717) is 0 Å². The number of pyridine rings is 1. The summed E-state index contributed by atoms with van der Waals surface area (Å²) in [4.78, 5) is 7.19. The van der Waals surface area contributed by atoms with Crippen LogP contribution in [0.15, 0.2) is 24.7 Å². The summed E-state index contributed by atoms with van der Waals surface area (Å²) in [5.41, 5.74) is -1.54. The molecule has 2 rings (SSSR count). The third-order valence-corrected chi connectivity index (χ3v) is 2.30. The molecule has 0 amide bonds. The van der Waals surface area contributed by atoms with Crippen LogP contribution in [-0.2, 0) is 6.18 Å². The van der Waals surface area contributed by atoms with Crippen LogP contribution in [0.25, 0.3) is 5.82 Å². The van der Waals surface area contributed by atoms with Crippen molar-refractivity contribution in [2.45, 2.75) is 6.18 Å². The van der Waals surface area contributed by atoms with Crippen molar-refractivity contribution >= 4 is 0 Å². The van der Waals surface area contributed by atoms with Crippen LogP contribution in [0.2, 0.25) is 0 Å². The quantitative estimate of drug-likeness (QED) is 0.788. The third-order valence-electron chi connectivity index (χ3n) is 2.30. The SMILES string of the molecule is N#Cc1ncn(-c2ncccc2C(F)(F)F)c1C#N. The van der Waals surface area contributed by atoms with Crippen LogP contribution in [0.1, 0.15) is 17.0 Å². The van der Waals surface area contributed by atoms with Crippen molar-refractivity contribution < 1.29 is 13.2 Å². The summed E-state index contributed by atoms with van der Waals surface area (Å²) in [6, 6.07) is 5.26. The van der Waals surface area contributed by atoms with E-state index in [9.17, 15) is 13.2 Å². The van der Waals surface area contributed by atoms with Crippen LogP contribution in [-0.4, -0.2) is 14.5 Å². The van der Waals surface area contributed by atoms with Gasteiger partial charge in [0.2, 0.25) is 0 Å². The molecule has 0 spiro atoms. The van der Waals surface area contributed by atoms with E-state index >= 15 is 0 Å². The molecule has 0 aliphatic heterocycles. The number of aromatic nitrogens is 3. The van der Waals surface area contributed by atoms with E-state index in [1.807, 2.05) is 0 Å². The van der Waals surface area contributed by atoms with E-state index in [-0.39, 0.29) is 11.4 Å². The predicted molar refractivity (Wildman–Crippen MR) is 55.8 cm³/mol. The highest BCUT2D eigenvalue weighted by Gasteiger charge is 2.35. The van der Waals surface area contributed by atoms with Gasteiger partial charge in [0.25, 0.3) is 0 Å². The van der Waals surface area contributed by atoms with Gasteiger partial charge in [0, 0.05) is 6.20 Å². The molecule has 0 unspecified atom stereocenters. The average Bonchev–Trinajstić information content (AvgIpc) is 2.80. The number of alkyl halides is 3. The predicted octanol–water partition coefficient (Wildman–Crippen LogP) is 2.03. The summed E-state index contributed by atoms with van der Waals surface area (Å²) in [7, 11) is 0. The first-order chi connectivity index (χ1) is 8.99. The topological polar surface area (TPSA) is 78.3 Å². The fourth-order valence-corrected chi connectivity index (χ4v) is 1.51. The molecule has 0 aliphatic rings. The summed E-state index contributed by atoms with van der Waals surface area (Å²) in [6.45, 7) is 0. The Balaban J connectivity index is 2.72. The minimum absolute atomic E-state index is 0.249. The molecule has 0 saturated heterocycles. The Morgan fingerprint density at radius 1 is 1.16 bits per heavy atom. The van der Waals surface area contributed by atoms with Gasteiger partial charge in [-0.15, -0.1) is 0 Å². The lowest BCUT2D eigenvalue weighted by atomic mass is 10.2. The summed E-state index contributed by atoms with van der Waals surface area (Å²) < 4.78 is 39.4. The molecule has 0 bridgehead atoms. The van der Waals surface area contributed by atoms with Crippen molar-refractivity contribution in [1.82, 2.24) is 14.5 Å². The molecule has 2 aromatic heterocycles. The van der Waals surface area contributed by atoms with Gasteiger partial charge in [0.05, 0.1) is 5.56 Å². The molecule has 0 radical (unpaired) electrons. The molecule has 0 N–H and O–H groups in total. The highest BCUT2D eigenvalue weighted by molar-refractivity contribution is 5.45. The Labute approximate surface area is 105 Å². The molecule has 0 atom stereocenters. The molecule has 8 heteroatoms. The fraction of sp³-hybridized carbons (Fsp3) is 0.0909. The molecule has 2 aromatic rings. The summed E-state index contributed by atoms with van der Waals surface area (Å²) >= 11 is 0. The summed E-state index contributed by atoms with van der Waals surface area (Å²) in [6.07, 6.45) is -2.49. The lowest BCUT2D eigenvalue weighted by Gasteiger charge is -2.12. The van der Waals surface area contributed by atoms with Crippen molar-refractivity contribution in [3.63, 3.8) is 0 Å². The highest BCUT2D eigenvalue weighted by atomic mass is 19.4. The normalized spacial score (nSPS) is 10.8. The van der Waals surface area contributed by atoms with E-state index < -0.39 is 17.6 Å². The first-order valence-corrected chi connectivity index (χ1v) is 4.89. The summed E-state index contributed by atoms with van der Waals surface area (Å²) in [5.74, 6) is -0.486. The van der Waals surface area contributed by atoms with Crippen LogP contribution in [0.5, 0.6) is 0 Å². The van der Waals surface area contributed by atoms with Gasteiger partial charge >= 0.3 is 6.18 Å². The van der Waals surface area contributed by atoms with Crippen molar-refractivity contribution in [2.24, 2.45) is 0 Å². The zero-order valence-corrected chi connectivity index (χ0v) is 9.18. The second-order valence-electron chi connectivity index (χ2n) is 3.41. The Kier molecular flexibility index (Phi) is 2.93. The molecule has 0 aromatic carbocycles. The first kappa shape index (κ1) is 12.6. The van der Waals surface area contributed by atoms with Gasteiger partial charge in [-0.2, -0.15) is 23.7 Å². The minimum atomic E-state index is -4.62. The lowest BCUT2D eigenvalue weighted by molar-refractivity contribution is -0.137. The van der Waals surface area contributed by atoms with Gasteiger partial charge in [0.15, 0.2) is 17.2 Å². The van der Waals surface area contributed by atoms with Gasteiger partial charge in [0.1, 0.15) is 18.5 Å². The first-order valence-electron chi connectivity index (χ1n) is 4.89. The molecule has 0 fully saturated rings. The smallest absolute Gasteiger partial charge is 0.272 e. The number of hydrogen-bond acceptors (Lipinski definition) is 4. The van der Waals surface area contributed by atoms with E-state index in [4.69, 9.17) is 10.5 Å². The van der Waals surface area contributed by atoms with E-state index in [1.165, 1.54) is 0 Å². The number of imidazole rings is 1. The van der Waals surface area contributed by atoms with E-state index in [0.717, 1.165) is 29.2 Å². The van der Waals surface area contributed by atoms with Gasteiger partial charge < -0.3 is 0 Å². The molecule has 0 saturated carbocycles. The van der Waals surface area contributed by atoms with Crippen molar-refractivity contribution in [3.05, 3.63) is 41.6 Å². The second kappa shape index (κ2) is 4.42. The molecule has 2 heterocycles. The summed E-state index contributed by atoms with van der Waals surface area (Å²) in [5, 5.41) is 17.6. The Morgan fingerprint density at radius 2 is 1.89 bits per heavy atom. The zero-order valence-electron chi connectivity index (χ0n) is 9.18. The van der Waals surface area contributed by atoms with Crippen molar-refractivity contribution in [3.8, 4) is 18.0 Å². The molecular formula is C11H4F3N5. The molecule has 5 nitrogen and oxygen atoms in total. The van der Waals surface area contributed by atoms with E-state index in [1.54, 1.807) is 12.1 Å². The Morgan fingerprint density at radius 3 is 2.47 bits per heavy atom. The number of rotatable bonds is 1. The van der Waals surface area contributed by atoms with Gasteiger partial charge in [-0.25, -0.2) is 9.97 Å². The third kappa shape index (κ3) is 2.11.